The molecule has 1 saturated carbocycles. The zero-order valence-corrected chi connectivity index (χ0v) is 18.1. The highest BCUT2D eigenvalue weighted by Gasteiger charge is 2.29. The van der Waals surface area contributed by atoms with Crippen molar-refractivity contribution in [1.29, 1.82) is 0 Å². The minimum Gasteiger partial charge on any atom is -0.491 e. The maximum absolute atomic E-state index is 6.42. The number of ether oxygens (including phenoxy) is 3. The number of hydrogen-bond acceptors (Lipinski definition) is 8. The molecule has 0 spiro atoms. The molecule has 3 heterocycles. The summed E-state index contributed by atoms with van der Waals surface area (Å²) in [6, 6.07) is 2.50. The van der Waals surface area contributed by atoms with Crippen molar-refractivity contribution in [2.75, 3.05) is 25.1 Å². The molecular formula is C22H32N4O4. The fourth-order valence-electron chi connectivity index (χ4n) is 4.13. The van der Waals surface area contributed by atoms with Crippen LogP contribution >= 0.6 is 0 Å². The van der Waals surface area contributed by atoms with Gasteiger partial charge < -0.3 is 23.6 Å². The Morgan fingerprint density at radius 3 is 2.37 bits per heavy atom. The second-order valence-corrected chi connectivity index (χ2v) is 8.46. The van der Waals surface area contributed by atoms with Gasteiger partial charge in [-0.3, -0.25) is 4.98 Å². The molecule has 0 N–H and O–H groups in total. The smallest absolute Gasteiger partial charge is 0.324 e. The first-order valence-corrected chi connectivity index (χ1v) is 11.0. The van der Waals surface area contributed by atoms with Gasteiger partial charge in [0.15, 0.2) is 17.3 Å². The second-order valence-electron chi connectivity index (χ2n) is 8.46. The molecule has 0 unspecified atom stereocenters. The summed E-state index contributed by atoms with van der Waals surface area (Å²) in [5, 5.41) is 4.07. The van der Waals surface area contributed by atoms with Crippen molar-refractivity contribution in [2.45, 2.75) is 76.6 Å². The van der Waals surface area contributed by atoms with Gasteiger partial charge in [0.2, 0.25) is 0 Å². The van der Waals surface area contributed by atoms with Crippen LogP contribution in [0.2, 0.25) is 0 Å². The van der Waals surface area contributed by atoms with Gasteiger partial charge in [-0.15, -0.1) is 0 Å². The van der Waals surface area contributed by atoms with Crippen molar-refractivity contribution >= 4 is 6.01 Å². The third kappa shape index (κ3) is 5.03. The molecule has 0 atom stereocenters. The van der Waals surface area contributed by atoms with E-state index in [-0.39, 0.29) is 12.0 Å². The van der Waals surface area contributed by atoms with E-state index in [0.717, 1.165) is 63.2 Å². The first-order valence-electron chi connectivity index (χ1n) is 11.0. The van der Waals surface area contributed by atoms with Gasteiger partial charge >= 0.3 is 6.01 Å². The van der Waals surface area contributed by atoms with Crippen LogP contribution in [0.4, 0.5) is 6.01 Å². The lowest BCUT2D eigenvalue weighted by molar-refractivity contribution is -0.0531. The lowest BCUT2D eigenvalue weighted by Gasteiger charge is -2.35. The van der Waals surface area contributed by atoms with Gasteiger partial charge in [0.05, 0.1) is 31.6 Å². The van der Waals surface area contributed by atoms with Gasteiger partial charge in [-0.05, 0) is 38.5 Å². The van der Waals surface area contributed by atoms with Crippen LogP contribution in [-0.2, 0) is 4.74 Å². The molecule has 2 aromatic rings. The van der Waals surface area contributed by atoms with Crippen molar-refractivity contribution in [3.8, 4) is 11.5 Å². The first-order chi connectivity index (χ1) is 14.6. The van der Waals surface area contributed by atoms with Gasteiger partial charge in [0.25, 0.3) is 0 Å². The number of rotatable bonds is 7. The van der Waals surface area contributed by atoms with Gasteiger partial charge in [-0.1, -0.05) is 19.0 Å². The maximum Gasteiger partial charge on any atom is 0.324 e. The zero-order chi connectivity index (χ0) is 20.9. The largest absolute Gasteiger partial charge is 0.491 e. The van der Waals surface area contributed by atoms with E-state index in [4.69, 9.17) is 18.7 Å². The average Bonchev–Trinajstić information content (AvgIpc) is 3.27. The van der Waals surface area contributed by atoms with E-state index in [2.05, 4.69) is 33.9 Å². The Morgan fingerprint density at radius 1 is 1.00 bits per heavy atom. The van der Waals surface area contributed by atoms with E-state index >= 15 is 0 Å². The Hall–Kier alpha value is -2.35. The van der Waals surface area contributed by atoms with Crippen molar-refractivity contribution in [3.05, 3.63) is 24.3 Å². The zero-order valence-electron chi connectivity index (χ0n) is 18.1. The van der Waals surface area contributed by atoms with Crippen molar-refractivity contribution < 1.29 is 18.7 Å². The fourth-order valence-corrected chi connectivity index (χ4v) is 4.13. The molecule has 1 aliphatic carbocycles. The summed E-state index contributed by atoms with van der Waals surface area (Å²) in [6.45, 7) is 5.93. The molecule has 0 radical (unpaired) electrons. The third-order valence-electron chi connectivity index (χ3n) is 5.93. The van der Waals surface area contributed by atoms with E-state index in [9.17, 15) is 0 Å². The summed E-state index contributed by atoms with van der Waals surface area (Å²) in [5.74, 6) is 2.50. The summed E-state index contributed by atoms with van der Waals surface area (Å²) >= 11 is 0. The van der Waals surface area contributed by atoms with E-state index in [1.807, 2.05) is 6.07 Å². The van der Waals surface area contributed by atoms with Crippen LogP contribution < -0.4 is 14.4 Å². The van der Waals surface area contributed by atoms with E-state index < -0.39 is 0 Å². The number of methoxy groups -OCH3 is 1. The average molecular weight is 417 g/mol. The number of hydrogen-bond donors (Lipinski definition) is 0. The highest BCUT2D eigenvalue weighted by Crippen LogP contribution is 2.32. The van der Waals surface area contributed by atoms with Crippen LogP contribution in [0.15, 0.2) is 23.0 Å². The Morgan fingerprint density at radius 2 is 1.70 bits per heavy atom. The molecule has 0 amide bonds. The number of nitrogens with zero attached hydrogens (tertiary/aromatic N) is 4. The van der Waals surface area contributed by atoms with Gasteiger partial charge in [0, 0.05) is 31.3 Å². The normalized spacial score (nSPS) is 23.0. The minimum atomic E-state index is 0.204. The van der Waals surface area contributed by atoms with E-state index in [1.165, 1.54) is 0 Å². The third-order valence-corrected chi connectivity index (χ3v) is 5.93. The quantitative estimate of drug-likeness (QED) is 0.670. The summed E-state index contributed by atoms with van der Waals surface area (Å²) in [6.07, 6.45) is 10.3. The summed E-state index contributed by atoms with van der Waals surface area (Å²) < 4.78 is 23.3. The first kappa shape index (κ1) is 20.9. The van der Waals surface area contributed by atoms with Crippen molar-refractivity contribution in [1.82, 2.24) is 15.1 Å². The standard InChI is InChI=1S/C22H32N4O4/c1-15(2)21-24-22(30-25-21)26-12-9-18(10-13-26)28-16-4-6-17(7-5-16)29-19-8-11-23-14-20(19)27-3/h8,11,14-18H,4-7,9-10,12-13H2,1-3H3. The molecule has 1 aliphatic heterocycles. The molecule has 8 heteroatoms. The SMILES string of the molecule is COc1cnccc1OC1CCC(OC2CCN(c3nc(C(C)C)no3)CC2)CC1. The van der Waals surface area contributed by atoms with E-state index in [0.29, 0.717) is 24.0 Å². The molecule has 4 rings (SSSR count). The number of piperidine rings is 1. The molecular weight excluding hydrogens is 384 g/mol. The number of pyridine rings is 1. The number of aromatic nitrogens is 3. The Labute approximate surface area is 177 Å². The molecule has 8 nitrogen and oxygen atoms in total. The molecule has 0 bridgehead atoms. The lowest BCUT2D eigenvalue weighted by atomic mass is 9.94. The Kier molecular flexibility index (Phi) is 6.72. The van der Waals surface area contributed by atoms with E-state index in [1.54, 1.807) is 19.5 Å². The van der Waals surface area contributed by atoms with Gasteiger partial charge in [-0.25, -0.2) is 0 Å². The van der Waals surface area contributed by atoms with Crippen LogP contribution in [0, 0.1) is 0 Å². The predicted molar refractivity (Wildman–Crippen MR) is 112 cm³/mol. The molecule has 0 aromatic carbocycles. The van der Waals surface area contributed by atoms with Crippen LogP contribution in [0.25, 0.3) is 0 Å². The maximum atomic E-state index is 6.42. The van der Waals surface area contributed by atoms with Crippen molar-refractivity contribution in [2.24, 2.45) is 0 Å². The molecule has 2 aromatic heterocycles. The van der Waals surface area contributed by atoms with Crippen LogP contribution in [0.3, 0.4) is 0 Å². The molecule has 164 valence electrons. The monoisotopic (exact) mass is 416 g/mol. The van der Waals surface area contributed by atoms with Crippen LogP contribution in [0.1, 0.15) is 64.1 Å². The molecule has 30 heavy (non-hydrogen) atoms. The minimum absolute atomic E-state index is 0.204. The number of anilines is 1. The second kappa shape index (κ2) is 9.64. The van der Waals surface area contributed by atoms with Crippen LogP contribution in [-0.4, -0.2) is 53.6 Å². The summed E-state index contributed by atoms with van der Waals surface area (Å²) in [4.78, 5) is 10.8. The highest BCUT2D eigenvalue weighted by molar-refractivity contribution is 5.36. The van der Waals surface area contributed by atoms with Crippen molar-refractivity contribution in [3.63, 3.8) is 0 Å². The van der Waals surface area contributed by atoms with Crippen LogP contribution in [0.5, 0.6) is 11.5 Å². The van der Waals surface area contributed by atoms with Gasteiger partial charge in [-0.2, -0.15) is 4.98 Å². The lowest BCUT2D eigenvalue weighted by Crippen LogP contribution is -2.39. The molecule has 1 saturated heterocycles. The Balaban J connectivity index is 1.19. The predicted octanol–water partition coefficient (Wildman–Crippen LogP) is 3.97. The topological polar surface area (TPSA) is 82.7 Å². The fraction of sp³-hybridized carbons (Fsp3) is 0.682. The molecule has 2 aliphatic rings. The summed E-state index contributed by atoms with van der Waals surface area (Å²) in [5.41, 5.74) is 0. The Bertz CT molecular complexity index is 796. The summed E-state index contributed by atoms with van der Waals surface area (Å²) in [7, 11) is 1.64. The van der Waals surface area contributed by atoms with Gasteiger partial charge in [0.1, 0.15) is 0 Å². The highest BCUT2D eigenvalue weighted by atomic mass is 16.5. The molecule has 2 fully saturated rings.